The Bertz CT molecular complexity index is 1430. The fraction of sp³-hybridized carbons (Fsp3) is 0.286. The fourth-order valence-electron chi connectivity index (χ4n) is 4.77. The number of aldehydes is 1. The first-order valence-corrected chi connectivity index (χ1v) is 12.6. The molecule has 10 nitrogen and oxygen atoms in total. The topological polar surface area (TPSA) is 126 Å². The maximum Gasteiger partial charge on any atom is 0.284 e. The Hall–Kier alpha value is -4.60. The molecule has 1 fully saturated rings. The SMILES string of the molecule is CC(C)[C@H](NC(=O)C=O)C(=O)N1CCCC1c1ncc(-c2ccc(-n3cc(-c4ccccc4)nn3)cc2)[nH]1. The van der Waals surface area contributed by atoms with Crippen molar-refractivity contribution in [1.29, 1.82) is 0 Å². The van der Waals surface area contributed by atoms with Crippen LogP contribution in [0.3, 0.4) is 0 Å². The van der Waals surface area contributed by atoms with E-state index in [1.807, 2.05) is 74.6 Å². The van der Waals surface area contributed by atoms with Crippen molar-refractivity contribution in [2.75, 3.05) is 6.54 Å². The number of nitrogens with zero attached hydrogens (tertiary/aromatic N) is 5. The van der Waals surface area contributed by atoms with Gasteiger partial charge in [0.2, 0.25) is 12.2 Å². The van der Waals surface area contributed by atoms with Gasteiger partial charge >= 0.3 is 0 Å². The number of amides is 2. The second-order valence-electron chi connectivity index (χ2n) is 9.68. The third kappa shape index (κ3) is 5.10. The number of nitrogens with one attached hydrogen (secondary N) is 2. The van der Waals surface area contributed by atoms with E-state index in [9.17, 15) is 14.4 Å². The van der Waals surface area contributed by atoms with Crippen molar-refractivity contribution in [2.45, 2.75) is 38.8 Å². The van der Waals surface area contributed by atoms with Crippen molar-refractivity contribution in [1.82, 2.24) is 35.2 Å². The van der Waals surface area contributed by atoms with Gasteiger partial charge in [-0.1, -0.05) is 61.5 Å². The fourth-order valence-corrected chi connectivity index (χ4v) is 4.77. The molecule has 2 atom stereocenters. The number of aromatic nitrogens is 5. The van der Waals surface area contributed by atoms with Crippen molar-refractivity contribution in [3.63, 3.8) is 0 Å². The molecule has 2 aromatic heterocycles. The van der Waals surface area contributed by atoms with Crippen LogP contribution in [0.4, 0.5) is 0 Å². The van der Waals surface area contributed by atoms with Gasteiger partial charge in [0.1, 0.15) is 17.6 Å². The Morgan fingerprint density at radius 1 is 1.08 bits per heavy atom. The molecule has 0 bridgehead atoms. The summed E-state index contributed by atoms with van der Waals surface area (Å²) in [5.41, 5.74) is 4.47. The molecule has 1 saturated heterocycles. The number of rotatable bonds is 8. The highest BCUT2D eigenvalue weighted by molar-refractivity contribution is 6.24. The van der Waals surface area contributed by atoms with Gasteiger partial charge in [0.15, 0.2) is 0 Å². The molecule has 38 heavy (non-hydrogen) atoms. The van der Waals surface area contributed by atoms with Gasteiger partial charge in [-0.15, -0.1) is 5.10 Å². The highest BCUT2D eigenvalue weighted by Gasteiger charge is 2.37. The lowest BCUT2D eigenvalue weighted by atomic mass is 10.0. The number of carbonyl (C=O) groups excluding carboxylic acids is 3. The summed E-state index contributed by atoms with van der Waals surface area (Å²) in [5, 5.41) is 11.1. The molecule has 10 heteroatoms. The molecule has 0 aliphatic carbocycles. The number of likely N-dealkylation sites (tertiary alicyclic amines) is 1. The third-order valence-corrected chi connectivity index (χ3v) is 6.79. The normalized spacial score (nSPS) is 16.0. The minimum atomic E-state index is -0.793. The molecule has 5 rings (SSSR count). The first-order chi connectivity index (χ1) is 18.4. The maximum atomic E-state index is 13.3. The van der Waals surface area contributed by atoms with Crippen LogP contribution in [0.15, 0.2) is 67.0 Å². The molecule has 0 saturated carbocycles. The van der Waals surface area contributed by atoms with Crippen LogP contribution >= 0.6 is 0 Å². The van der Waals surface area contributed by atoms with E-state index in [2.05, 4.69) is 25.6 Å². The van der Waals surface area contributed by atoms with Gasteiger partial charge in [0, 0.05) is 12.1 Å². The van der Waals surface area contributed by atoms with E-state index in [0.29, 0.717) is 12.4 Å². The number of imidazole rings is 1. The van der Waals surface area contributed by atoms with Crippen LogP contribution < -0.4 is 5.32 Å². The van der Waals surface area contributed by atoms with E-state index < -0.39 is 11.9 Å². The zero-order chi connectivity index (χ0) is 26.6. The van der Waals surface area contributed by atoms with Crippen LogP contribution in [0.1, 0.15) is 38.6 Å². The summed E-state index contributed by atoms with van der Waals surface area (Å²) in [6.07, 6.45) is 5.45. The molecule has 194 valence electrons. The molecule has 4 aromatic rings. The lowest BCUT2D eigenvalue weighted by molar-refractivity contribution is -0.140. The summed E-state index contributed by atoms with van der Waals surface area (Å²) >= 11 is 0. The predicted octanol–water partition coefficient (Wildman–Crippen LogP) is 3.33. The molecule has 3 heterocycles. The molecule has 0 spiro atoms. The minimum Gasteiger partial charge on any atom is -0.340 e. The summed E-state index contributed by atoms with van der Waals surface area (Å²) in [7, 11) is 0. The summed E-state index contributed by atoms with van der Waals surface area (Å²) in [4.78, 5) is 45.5. The number of aromatic amines is 1. The molecular weight excluding hydrogens is 482 g/mol. The minimum absolute atomic E-state index is 0.160. The van der Waals surface area contributed by atoms with E-state index in [1.54, 1.807) is 15.8 Å². The lowest BCUT2D eigenvalue weighted by Gasteiger charge is -2.29. The van der Waals surface area contributed by atoms with Gasteiger partial charge in [-0.05, 0) is 36.5 Å². The van der Waals surface area contributed by atoms with E-state index in [-0.39, 0.29) is 24.2 Å². The van der Waals surface area contributed by atoms with Crippen molar-refractivity contribution in [2.24, 2.45) is 5.92 Å². The van der Waals surface area contributed by atoms with E-state index in [4.69, 9.17) is 0 Å². The van der Waals surface area contributed by atoms with Crippen LogP contribution in [0.5, 0.6) is 0 Å². The van der Waals surface area contributed by atoms with Crippen LogP contribution in [-0.2, 0) is 14.4 Å². The molecule has 2 N–H and O–H groups in total. The molecule has 1 aliphatic rings. The van der Waals surface area contributed by atoms with Gasteiger partial charge in [-0.25, -0.2) is 9.67 Å². The Morgan fingerprint density at radius 2 is 1.84 bits per heavy atom. The van der Waals surface area contributed by atoms with Crippen LogP contribution in [0.25, 0.3) is 28.2 Å². The van der Waals surface area contributed by atoms with Gasteiger partial charge in [-0.3, -0.25) is 14.4 Å². The second-order valence-corrected chi connectivity index (χ2v) is 9.68. The first kappa shape index (κ1) is 25.1. The Morgan fingerprint density at radius 3 is 2.55 bits per heavy atom. The van der Waals surface area contributed by atoms with E-state index in [1.165, 1.54) is 0 Å². The number of hydrogen-bond donors (Lipinski definition) is 2. The zero-order valence-electron chi connectivity index (χ0n) is 21.2. The average Bonchev–Trinajstić information content (AvgIpc) is 3.72. The zero-order valence-corrected chi connectivity index (χ0v) is 21.2. The summed E-state index contributed by atoms with van der Waals surface area (Å²) in [6.45, 7) is 4.25. The second kappa shape index (κ2) is 10.8. The molecule has 2 amide bonds. The van der Waals surface area contributed by atoms with Crippen molar-refractivity contribution in [3.05, 3.63) is 72.8 Å². The first-order valence-electron chi connectivity index (χ1n) is 12.6. The van der Waals surface area contributed by atoms with Crippen LogP contribution in [0, 0.1) is 5.92 Å². The summed E-state index contributed by atoms with van der Waals surface area (Å²) in [5.74, 6) is -0.462. The van der Waals surface area contributed by atoms with Crippen molar-refractivity contribution < 1.29 is 14.4 Å². The maximum absolute atomic E-state index is 13.3. The van der Waals surface area contributed by atoms with Crippen LogP contribution in [-0.4, -0.2) is 60.5 Å². The highest BCUT2D eigenvalue weighted by Crippen LogP contribution is 2.33. The Balaban J connectivity index is 1.31. The number of benzene rings is 2. The Kier molecular flexibility index (Phi) is 7.12. The monoisotopic (exact) mass is 511 g/mol. The van der Waals surface area contributed by atoms with Crippen LogP contribution in [0.2, 0.25) is 0 Å². The molecule has 1 unspecified atom stereocenters. The average molecular weight is 512 g/mol. The van der Waals surface area contributed by atoms with Crippen molar-refractivity contribution in [3.8, 4) is 28.2 Å². The molecule has 2 aromatic carbocycles. The van der Waals surface area contributed by atoms with Gasteiger partial charge in [0.05, 0.1) is 29.8 Å². The van der Waals surface area contributed by atoms with Gasteiger partial charge in [0.25, 0.3) is 5.91 Å². The molecular formula is C28H29N7O3. The Labute approximate surface area is 220 Å². The van der Waals surface area contributed by atoms with E-state index in [0.717, 1.165) is 41.0 Å². The summed E-state index contributed by atoms with van der Waals surface area (Å²) in [6, 6.07) is 16.8. The number of H-pyrrole nitrogens is 1. The number of carbonyl (C=O) groups is 3. The predicted molar refractivity (Wildman–Crippen MR) is 141 cm³/mol. The third-order valence-electron chi connectivity index (χ3n) is 6.79. The highest BCUT2D eigenvalue weighted by atomic mass is 16.2. The summed E-state index contributed by atoms with van der Waals surface area (Å²) < 4.78 is 1.74. The lowest BCUT2D eigenvalue weighted by Crippen LogP contribution is -2.51. The van der Waals surface area contributed by atoms with Gasteiger partial charge < -0.3 is 15.2 Å². The smallest absolute Gasteiger partial charge is 0.284 e. The standard InChI is InChI=1S/C28H29N7O3/c1-18(2)26(31-25(37)17-36)28(38)34-14-6-9-24(34)27-29-15-22(30-27)20-10-12-21(13-11-20)35-16-23(32-33-35)19-7-4-3-5-8-19/h3-5,7-8,10-13,15-18,24,26H,6,9,14H2,1-2H3,(H,29,30)(H,31,37)/t24?,26-/m0/s1. The number of hydrogen-bond acceptors (Lipinski definition) is 6. The molecule has 1 aliphatic heterocycles. The molecule has 0 radical (unpaired) electrons. The largest absolute Gasteiger partial charge is 0.340 e. The van der Waals surface area contributed by atoms with Gasteiger partial charge in [-0.2, -0.15) is 0 Å². The van der Waals surface area contributed by atoms with E-state index >= 15 is 0 Å². The quantitative estimate of drug-likeness (QED) is 0.276. The van der Waals surface area contributed by atoms with Crippen molar-refractivity contribution >= 4 is 18.1 Å².